The molecule has 0 aliphatic carbocycles. The van der Waals surface area contributed by atoms with E-state index in [1.54, 1.807) is 0 Å². The minimum atomic E-state index is -0.316. The fourth-order valence-corrected chi connectivity index (χ4v) is 0.745. The highest BCUT2D eigenvalue weighted by atomic mass is 32.1. The topological polar surface area (TPSA) is 35.1 Å². The van der Waals surface area contributed by atoms with E-state index in [9.17, 15) is 5.21 Å². The zero-order valence-corrected chi connectivity index (χ0v) is 4.82. The quantitative estimate of drug-likeness (QED) is 0.291. The number of quaternary nitrogens is 1. The Hall–Kier alpha value is 0.230. The van der Waals surface area contributed by atoms with Crippen LogP contribution in [0.3, 0.4) is 0 Å². The maximum Gasteiger partial charge on any atom is 0.102 e. The van der Waals surface area contributed by atoms with Crippen molar-refractivity contribution in [1.82, 2.24) is 4.83 Å². The first kappa shape index (κ1) is 5.37. The molecule has 42 valence electrons. The van der Waals surface area contributed by atoms with Crippen molar-refractivity contribution in [2.75, 3.05) is 13.1 Å². The molecule has 1 N–H and O–H groups in total. The van der Waals surface area contributed by atoms with Gasteiger partial charge in [0.25, 0.3) is 0 Å². The van der Waals surface area contributed by atoms with E-state index in [2.05, 4.69) is 17.6 Å². The molecule has 0 saturated carbocycles. The molecule has 3 nitrogen and oxygen atoms in total. The van der Waals surface area contributed by atoms with Crippen LogP contribution in [-0.2, 0) is 0 Å². The highest BCUT2D eigenvalue weighted by Crippen LogP contribution is 2.13. The number of hydrogen-bond donors (Lipinski definition) is 2. The number of hydrogen-bond acceptors (Lipinski definition) is 3. The summed E-state index contributed by atoms with van der Waals surface area (Å²) in [6.45, 7) is 1.34. The summed E-state index contributed by atoms with van der Waals surface area (Å²) < 4.78 is -0.316. The number of nitrogens with zero attached hydrogens (tertiary/aromatic N) is 1. The molecule has 0 aromatic carbocycles. The van der Waals surface area contributed by atoms with Gasteiger partial charge in [-0.15, -0.1) is 4.83 Å². The molecule has 4 heteroatoms. The zero-order valence-electron chi connectivity index (χ0n) is 3.92. The zero-order chi connectivity index (χ0) is 5.33. The Kier molecular flexibility index (Phi) is 1.25. The summed E-state index contributed by atoms with van der Waals surface area (Å²) in [6.07, 6.45) is 1.02. The van der Waals surface area contributed by atoms with Crippen LogP contribution in [0.2, 0.25) is 0 Å². The van der Waals surface area contributed by atoms with E-state index < -0.39 is 0 Å². The first-order valence-electron chi connectivity index (χ1n) is 2.26. The summed E-state index contributed by atoms with van der Waals surface area (Å²) in [4.78, 5) is 2.35. The van der Waals surface area contributed by atoms with Crippen LogP contribution in [0.5, 0.6) is 0 Å². The van der Waals surface area contributed by atoms with Crippen LogP contribution < -0.4 is 4.83 Å². The molecule has 0 aromatic rings. The van der Waals surface area contributed by atoms with Crippen molar-refractivity contribution in [3.63, 3.8) is 0 Å². The molecular formula is C3H8N2OS. The van der Waals surface area contributed by atoms with Gasteiger partial charge in [0.1, 0.15) is 13.1 Å². The fourth-order valence-electron chi connectivity index (χ4n) is 0.545. The standard InChI is InChI=1S/C3H8N2OS/c6-5(4-7)2-1-3-5/h4,7H,1-3H2. The molecule has 1 aliphatic heterocycles. The first-order chi connectivity index (χ1) is 3.27. The number of thiol groups is 1. The maximum absolute atomic E-state index is 10.7. The van der Waals surface area contributed by atoms with Crippen molar-refractivity contribution in [3.8, 4) is 0 Å². The summed E-state index contributed by atoms with van der Waals surface area (Å²) in [5, 5.41) is 10.7. The molecule has 7 heavy (non-hydrogen) atoms. The third-order valence-corrected chi connectivity index (χ3v) is 1.59. The molecular weight excluding hydrogens is 112 g/mol. The van der Waals surface area contributed by atoms with Gasteiger partial charge in [0.05, 0.1) is 6.42 Å². The summed E-state index contributed by atoms with van der Waals surface area (Å²) in [6, 6.07) is 0. The Balaban J connectivity index is 2.29. The largest absolute Gasteiger partial charge is 0.611 e. The predicted octanol–water partition coefficient (Wildman–Crippen LogP) is 0.0541. The van der Waals surface area contributed by atoms with Crippen LogP contribution in [0, 0.1) is 5.21 Å². The lowest BCUT2D eigenvalue weighted by atomic mass is 10.3. The smallest absolute Gasteiger partial charge is 0.102 e. The lowest BCUT2D eigenvalue weighted by molar-refractivity contribution is -0.945. The van der Waals surface area contributed by atoms with Gasteiger partial charge in [0.2, 0.25) is 0 Å². The van der Waals surface area contributed by atoms with Crippen molar-refractivity contribution in [3.05, 3.63) is 5.21 Å². The van der Waals surface area contributed by atoms with Crippen LogP contribution in [0.1, 0.15) is 6.42 Å². The molecule has 1 aliphatic rings. The van der Waals surface area contributed by atoms with E-state index in [0.29, 0.717) is 13.1 Å². The molecule has 1 heterocycles. The average molecular weight is 120 g/mol. The van der Waals surface area contributed by atoms with E-state index >= 15 is 0 Å². The van der Waals surface area contributed by atoms with Crippen LogP contribution >= 0.6 is 12.8 Å². The Labute approximate surface area is 48.0 Å². The van der Waals surface area contributed by atoms with Crippen LogP contribution in [-0.4, -0.2) is 17.8 Å². The van der Waals surface area contributed by atoms with Gasteiger partial charge in [-0.05, 0) is 12.8 Å². The Morgan fingerprint density at radius 1 is 1.57 bits per heavy atom. The van der Waals surface area contributed by atoms with E-state index in [1.165, 1.54) is 0 Å². The van der Waals surface area contributed by atoms with Crippen LogP contribution in [0.15, 0.2) is 0 Å². The SMILES string of the molecule is [O-][N+]1(NS)CCC1. The molecule has 0 amide bonds. The van der Waals surface area contributed by atoms with Gasteiger partial charge in [0.15, 0.2) is 0 Å². The van der Waals surface area contributed by atoms with E-state index in [4.69, 9.17) is 0 Å². The molecule has 1 fully saturated rings. The minimum absolute atomic E-state index is 0.316. The van der Waals surface area contributed by atoms with Crippen molar-refractivity contribution in [2.24, 2.45) is 0 Å². The maximum atomic E-state index is 10.7. The van der Waals surface area contributed by atoms with Gasteiger partial charge in [-0.2, -0.15) is 0 Å². The molecule has 0 unspecified atom stereocenters. The van der Waals surface area contributed by atoms with Gasteiger partial charge in [0, 0.05) is 0 Å². The lowest BCUT2D eigenvalue weighted by Gasteiger charge is -2.46. The summed E-state index contributed by atoms with van der Waals surface area (Å²) in [5.41, 5.74) is 0. The van der Waals surface area contributed by atoms with Crippen LogP contribution in [0.4, 0.5) is 0 Å². The van der Waals surface area contributed by atoms with Gasteiger partial charge in [-0.1, -0.05) is 0 Å². The van der Waals surface area contributed by atoms with Crippen molar-refractivity contribution in [2.45, 2.75) is 6.42 Å². The molecule has 1 rings (SSSR count). The second kappa shape index (κ2) is 1.63. The number of hydroxylamine groups is 2. The van der Waals surface area contributed by atoms with E-state index in [1.807, 2.05) is 0 Å². The van der Waals surface area contributed by atoms with Crippen molar-refractivity contribution >= 4 is 12.8 Å². The Morgan fingerprint density at radius 3 is 2.14 bits per heavy atom. The summed E-state index contributed by atoms with van der Waals surface area (Å²) in [5.74, 6) is 0. The lowest BCUT2D eigenvalue weighted by Crippen LogP contribution is -2.58. The van der Waals surface area contributed by atoms with Crippen molar-refractivity contribution in [1.29, 1.82) is 0 Å². The molecule has 0 radical (unpaired) electrons. The third-order valence-electron chi connectivity index (χ3n) is 1.22. The van der Waals surface area contributed by atoms with Crippen molar-refractivity contribution < 1.29 is 4.76 Å². The minimum Gasteiger partial charge on any atom is -0.611 e. The molecule has 1 saturated heterocycles. The van der Waals surface area contributed by atoms with E-state index in [0.717, 1.165) is 6.42 Å². The molecule has 0 atom stereocenters. The monoisotopic (exact) mass is 120 g/mol. The van der Waals surface area contributed by atoms with Gasteiger partial charge >= 0.3 is 0 Å². The Morgan fingerprint density at radius 2 is 2.14 bits per heavy atom. The summed E-state index contributed by atoms with van der Waals surface area (Å²) >= 11 is 3.64. The Bertz CT molecular complexity index is 67.8. The van der Waals surface area contributed by atoms with Gasteiger partial charge < -0.3 is 5.21 Å². The van der Waals surface area contributed by atoms with Gasteiger partial charge in [-0.25, -0.2) is 0 Å². The molecule has 0 bridgehead atoms. The summed E-state index contributed by atoms with van der Waals surface area (Å²) in [7, 11) is 0. The third kappa shape index (κ3) is 0.884. The fraction of sp³-hybridized carbons (Fsp3) is 1.00. The van der Waals surface area contributed by atoms with Gasteiger partial charge in [-0.3, -0.25) is 4.76 Å². The average Bonchev–Trinajstić information content (AvgIpc) is 1.61. The number of rotatable bonds is 1. The second-order valence-electron chi connectivity index (χ2n) is 1.79. The van der Waals surface area contributed by atoms with E-state index in [-0.39, 0.29) is 4.76 Å². The molecule has 0 aromatic heterocycles. The second-order valence-corrected chi connectivity index (χ2v) is 1.99. The number of nitrogens with one attached hydrogen (secondary N) is 1. The highest BCUT2D eigenvalue weighted by Gasteiger charge is 2.24. The first-order valence-corrected chi connectivity index (χ1v) is 2.71. The normalized spacial score (nSPS) is 26.6. The molecule has 0 spiro atoms. The van der Waals surface area contributed by atoms with Crippen LogP contribution in [0.25, 0.3) is 0 Å². The highest BCUT2D eigenvalue weighted by molar-refractivity contribution is 7.77. The predicted molar refractivity (Wildman–Crippen MR) is 30.1 cm³/mol.